The van der Waals surface area contributed by atoms with Gasteiger partial charge in [-0.3, -0.25) is 0 Å². The molecule has 4 fully saturated rings. The van der Waals surface area contributed by atoms with Crippen LogP contribution in [0.25, 0.3) is 11.0 Å². The molecule has 0 amide bonds. The third kappa shape index (κ3) is 2.72. The molecule has 0 aliphatic heterocycles. The van der Waals surface area contributed by atoms with Crippen molar-refractivity contribution in [2.24, 2.45) is 17.8 Å². The number of aliphatic hydroxyl groups is 1. The van der Waals surface area contributed by atoms with Gasteiger partial charge in [-0.25, -0.2) is 4.98 Å². The first-order chi connectivity index (χ1) is 13.0. The van der Waals surface area contributed by atoms with E-state index >= 15 is 0 Å². The van der Waals surface area contributed by atoms with Gasteiger partial charge in [-0.1, -0.05) is 0 Å². The van der Waals surface area contributed by atoms with E-state index in [0.29, 0.717) is 29.4 Å². The average molecular weight is 365 g/mol. The summed E-state index contributed by atoms with van der Waals surface area (Å²) in [6, 6.07) is 2.67. The number of rotatable bonds is 4. The summed E-state index contributed by atoms with van der Waals surface area (Å²) in [5.41, 5.74) is 3.07. The Hall–Kier alpha value is -2.10. The van der Waals surface area contributed by atoms with Crippen LogP contribution in [-0.2, 0) is 6.54 Å². The zero-order valence-electron chi connectivity index (χ0n) is 16.0. The lowest BCUT2D eigenvalue weighted by Crippen LogP contribution is -2.59. The van der Waals surface area contributed by atoms with Crippen molar-refractivity contribution >= 4 is 16.7 Å². The maximum atomic E-state index is 10.9. The van der Waals surface area contributed by atoms with Crippen LogP contribution in [0.5, 0.6) is 0 Å². The number of nitrogens with one attached hydrogen (secondary N) is 2. The Morgan fingerprint density at radius 2 is 2.07 bits per heavy atom. The van der Waals surface area contributed by atoms with Crippen LogP contribution in [0.4, 0.5) is 5.69 Å². The van der Waals surface area contributed by atoms with Crippen LogP contribution < -0.4 is 5.32 Å². The summed E-state index contributed by atoms with van der Waals surface area (Å²) in [7, 11) is 4.10. The molecule has 0 spiro atoms. The first-order valence-electron chi connectivity index (χ1n) is 9.98. The summed E-state index contributed by atoms with van der Waals surface area (Å²) in [6.45, 7) is 0.796. The molecule has 0 radical (unpaired) electrons. The highest BCUT2D eigenvalue weighted by molar-refractivity contribution is 5.95. The fourth-order valence-corrected chi connectivity index (χ4v) is 6.24. The van der Waals surface area contributed by atoms with Gasteiger partial charge in [-0.15, -0.1) is 0 Å². The molecule has 4 bridgehead atoms. The highest BCUT2D eigenvalue weighted by Gasteiger charge is 2.54. The Balaban J connectivity index is 1.55. The van der Waals surface area contributed by atoms with Crippen LogP contribution in [-0.4, -0.2) is 45.7 Å². The summed E-state index contributed by atoms with van der Waals surface area (Å²) in [5.74, 6) is 1.66. The zero-order chi connectivity index (χ0) is 18.8. The van der Waals surface area contributed by atoms with Crippen molar-refractivity contribution in [1.29, 1.82) is 5.26 Å². The lowest BCUT2D eigenvalue weighted by atomic mass is 9.52. The van der Waals surface area contributed by atoms with Gasteiger partial charge >= 0.3 is 0 Å². The van der Waals surface area contributed by atoms with Gasteiger partial charge in [-0.05, 0) is 69.5 Å². The van der Waals surface area contributed by atoms with Crippen molar-refractivity contribution in [3.63, 3.8) is 0 Å². The molecule has 6 heteroatoms. The summed E-state index contributed by atoms with van der Waals surface area (Å²) < 4.78 is 0. The van der Waals surface area contributed by atoms with Gasteiger partial charge in [0.1, 0.15) is 11.7 Å². The smallest absolute Gasteiger partial charge is 0.139 e. The lowest BCUT2D eigenvalue weighted by molar-refractivity contribution is -0.129. The van der Waals surface area contributed by atoms with E-state index in [4.69, 9.17) is 0 Å². The second-order valence-electron chi connectivity index (χ2n) is 9.30. The largest absolute Gasteiger partial charge is 0.390 e. The number of nitriles is 1. The van der Waals surface area contributed by atoms with Crippen LogP contribution in [0.15, 0.2) is 12.4 Å². The Kier molecular flexibility index (Phi) is 3.75. The van der Waals surface area contributed by atoms with Crippen molar-refractivity contribution in [3.8, 4) is 6.07 Å². The van der Waals surface area contributed by atoms with E-state index in [2.05, 4.69) is 26.3 Å². The predicted molar refractivity (Wildman–Crippen MR) is 104 cm³/mol. The van der Waals surface area contributed by atoms with Crippen LogP contribution in [0.3, 0.4) is 0 Å². The third-order valence-corrected chi connectivity index (χ3v) is 6.94. The van der Waals surface area contributed by atoms with E-state index in [9.17, 15) is 10.4 Å². The Morgan fingerprint density at radius 3 is 2.70 bits per heavy atom. The Labute approximate surface area is 159 Å². The number of hydrogen-bond donors (Lipinski definition) is 3. The minimum atomic E-state index is -0.440. The van der Waals surface area contributed by atoms with Crippen LogP contribution >= 0.6 is 0 Å². The van der Waals surface area contributed by atoms with Crippen molar-refractivity contribution in [2.45, 2.75) is 50.3 Å². The van der Waals surface area contributed by atoms with E-state index in [1.54, 1.807) is 6.20 Å². The number of nitrogens with zero attached hydrogens (tertiary/aromatic N) is 3. The molecular formula is C21H27N5O. The second kappa shape index (κ2) is 5.95. The van der Waals surface area contributed by atoms with Crippen LogP contribution in [0.2, 0.25) is 0 Å². The van der Waals surface area contributed by atoms with Crippen LogP contribution in [0, 0.1) is 29.1 Å². The number of anilines is 1. The molecule has 6 rings (SSSR count). The molecule has 2 heterocycles. The maximum absolute atomic E-state index is 10.9. The second-order valence-corrected chi connectivity index (χ2v) is 9.30. The van der Waals surface area contributed by atoms with E-state index < -0.39 is 5.60 Å². The van der Waals surface area contributed by atoms with Gasteiger partial charge in [0.2, 0.25) is 0 Å². The number of fused-ring (bicyclic) bond motifs is 1. The molecular weight excluding hydrogens is 338 g/mol. The molecule has 2 aromatic heterocycles. The summed E-state index contributed by atoms with van der Waals surface area (Å²) >= 11 is 0. The van der Waals surface area contributed by atoms with E-state index in [-0.39, 0.29) is 0 Å². The average Bonchev–Trinajstić information content (AvgIpc) is 2.99. The van der Waals surface area contributed by atoms with Gasteiger partial charge in [0.15, 0.2) is 0 Å². The highest BCUT2D eigenvalue weighted by Crippen LogP contribution is 2.56. The fourth-order valence-electron chi connectivity index (χ4n) is 6.24. The van der Waals surface area contributed by atoms with Gasteiger partial charge in [0.25, 0.3) is 0 Å². The molecule has 5 atom stereocenters. The third-order valence-electron chi connectivity index (χ3n) is 6.94. The number of pyridine rings is 1. The van der Waals surface area contributed by atoms with Crippen LogP contribution in [0.1, 0.15) is 43.2 Å². The molecule has 27 heavy (non-hydrogen) atoms. The Morgan fingerprint density at radius 1 is 1.33 bits per heavy atom. The predicted octanol–water partition coefficient (Wildman–Crippen LogP) is 2.85. The number of H-pyrrole nitrogens is 1. The topological polar surface area (TPSA) is 88.0 Å². The number of aromatic amines is 1. The molecule has 1 unspecified atom stereocenters. The molecule has 3 N–H and O–H groups in total. The van der Waals surface area contributed by atoms with E-state index in [1.807, 2.05) is 20.3 Å². The number of aromatic nitrogens is 2. The summed E-state index contributed by atoms with van der Waals surface area (Å²) in [5, 5.41) is 25.4. The Bertz CT molecular complexity index is 911. The SMILES string of the molecule is CN(C)Cc1c[nH]c2ncc(C#N)c(N[C@H]3[C@@H]4CC5C[C@H]3C[C@@](O)(C5)C4)c12. The standard InChI is InChI=1S/C21H27N5O/c1-26(2)11-16-10-24-20-17(16)19(15(8-22)9-23-20)25-18-13-3-12-4-14(18)7-21(27,5-12)6-13/h9-10,12-14,18,27H,3-7,11H2,1-2H3,(H2,23,24,25)/t12?,13-,14+,18+,21-. The normalized spacial score (nSPS) is 34.3. The zero-order valence-corrected chi connectivity index (χ0v) is 16.0. The van der Waals surface area contributed by atoms with Gasteiger partial charge in [0, 0.05) is 30.4 Å². The van der Waals surface area contributed by atoms with Gasteiger partial charge in [0.05, 0.1) is 16.9 Å². The van der Waals surface area contributed by atoms with Crippen molar-refractivity contribution in [1.82, 2.24) is 14.9 Å². The lowest BCUT2D eigenvalue weighted by Gasteiger charge is -2.58. The van der Waals surface area contributed by atoms with Crippen molar-refractivity contribution in [3.05, 3.63) is 23.5 Å². The first kappa shape index (κ1) is 17.0. The summed E-state index contributed by atoms with van der Waals surface area (Å²) in [6.07, 6.45) is 8.85. The van der Waals surface area contributed by atoms with E-state index in [1.165, 1.54) is 12.8 Å². The minimum Gasteiger partial charge on any atom is -0.390 e. The first-order valence-corrected chi connectivity index (χ1v) is 9.98. The quantitative estimate of drug-likeness (QED) is 0.775. The monoisotopic (exact) mass is 365 g/mol. The maximum Gasteiger partial charge on any atom is 0.139 e. The van der Waals surface area contributed by atoms with Gasteiger partial charge in [-0.2, -0.15) is 5.26 Å². The molecule has 4 aliphatic rings. The van der Waals surface area contributed by atoms with Gasteiger partial charge < -0.3 is 20.3 Å². The van der Waals surface area contributed by atoms with Crippen molar-refractivity contribution in [2.75, 3.05) is 19.4 Å². The molecule has 142 valence electrons. The molecule has 2 aromatic rings. The number of hydrogen-bond acceptors (Lipinski definition) is 5. The molecule has 0 saturated heterocycles. The highest BCUT2D eigenvalue weighted by atomic mass is 16.3. The molecule has 4 aliphatic carbocycles. The summed E-state index contributed by atoms with van der Waals surface area (Å²) in [4.78, 5) is 9.85. The molecule has 0 aromatic carbocycles. The van der Waals surface area contributed by atoms with E-state index in [0.717, 1.165) is 48.1 Å². The van der Waals surface area contributed by atoms with Crippen molar-refractivity contribution < 1.29 is 5.11 Å². The molecule has 4 saturated carbocycles. The molecule has 6 nitrogen and oxygen atoms in total. The minimum absolute atomic E-state index is 0.335. The fraction of sp³-hybridized carbons (Fsp3) is 0.619.